The molecule has 0 saturated carbocycles. The number of rotatable bonds is 8. The van der Waals surface area contributed by atoms with Crippen LogP contribution in [0.3, 0.4) is 0 Å². The van der Waals surface area contributed by atoms with Gasteiger partial charge in [0.1, 0.15) is 0 Å². The fourth-order valence-corrected chi connectivity index (χ4v) is 0.633. The average molecular weight is 273 g/mol. The molecule has 0 aromatic heterocycles. The molecular weight excluding hydrogens is 255 g/mol. The molecule has 0 unspecified atom stereocenters. The van der Waals surface area contributed by atoms with E-state index >= 15 is 0 Å². The van der Waals surface area contributed by atoms with Gasteiger partial charge in [-0.3, -0.25) is 0 Å². The smallest absolute Gasteiger partial charge is 1.00 e. The predicted molar refractivity (Wildman–Crippen MR) is 49.4 cm³/mol. The molecule has 6 heteroatoms. The number of aliphatic hydroxyl groups is 1. The van der Waals surface area contributed by atoms with Gasteiger partial charge >= 0.3 is 37.7 Å². The van der Waals surface area contributed by atoms with Crippen molar-refractivity contribution < 1.29 is 39.4 Å². The van der Waals surface area contributed by atoms with Crippen molar-refractivity contribution in [3.8, 4) is 0 Å². The second-order valence-corrected chi connectivity index (χ2v) is 2.30. The number of unbranched alkanes of at least 4 members (excludes halogenated alkanes) is 1. The van der Waals surface area contributed by atoms with Gasteiger partial charge in [0.2, 0.25) is 0 Å². The summed E-state index contributed by atoms with van der Waals surface area (Å²) in [4.78, 5) is 0. The summed E-state index contributed by atoms with van der Waals surface area (Å²) >= 11 is 0. The monoisotopic (exact) mass is 272 g/mol. The second-order valence-electron chi connectivity index (χ2n) is 2.30. The number of hydrogen-bond acceptors (Lipinski definition) is 3. The summed E-state index contributed by atoms with van der Waals surface area (Å²) in [5, 5.41) is 8.34. The minimum Gasteiger partial charge on any atom is -1.00 e. The molecule has 0 spiro atoms. The first-order chi connectivity index (χ1) is 5.41. The largest absolute Gasteiger partial charge is 2.00 e. The summed E-state index contributed by atoms with van der Waals surface area (Å²) < 4.78 is 10.2. The first-order valence-corrected chi connectivity index (χ1v) is 4.18. The van der Waals surface area contributed by atoms with Gasteiger partial charge < -0.3 is 39.4 Å². The fourth-order valence-electron chi connectivity index (χ4n) is 0.633. The van der Waals surface area contributed by atoms with Crippen LogP contribution in [0.1, 0.15) is 19.8 Å². The Morgan fingerprint density at radius 2 is 1.43 bits per heavy atom. The van der Waals surface area contributed by atoms with Crippen LogP contribution in [0, 0.1) is 0 Å². The van der Waals surface area contributed by atoms with E-state index < -0.39 is 0 Å². The zero-order valence-electron chi connectivity index (χ0n) is 8.68. The maximum absolute atomic E-state index is 8.34. The maximum Gasteiger partial charge on any atom is 2.00 e. The van der Waals surface area contributed by atoms with E-state index in [1.165, 1.54) is 0 Å². The minimum absolute atomic E-state index is 0. The van der Waals surface area contributed by atoms with Gasteiger partial charge in [0.15, 0.2) is 0 Å². The minimum atomic E-state index is 0. The van der Waals surface area contributed by atoms with Crippen molar-refractivity contribution in [3.05, 3.63) is 0 Å². The number of halogens is 2. The van der Waals surface area contributed by atoms with Gasteiger partial charge in [-0.2, -0.15) is 0 Å². The molecule has 0 aliphatic rings. The van der Waals surface area contributed by atoms with Crippen molar-refractivity contribution in [2.24, 2.45) is 0 Å². The Morgan fingerprint density at radius 1 is 0.929 bits per heavy atom. The Morgan fingerprint density at radius 3 is 1.86 bits per heavy atom. The van der Waals surface area contributed by atoms with E-state index in [0.717, 1.165) is 19.4 Å². The summed E-state index contributed by atoms with van der Waals surface area (Å²) in [5.74, 6) is 0. The molecule has 0 radical (unpaired) electrons. The van der Waals surface area contributed by atoms with Crippen LogP contribution < -0.4 is 24.8 Å². The van der Waals surface area contributed by atoms with Crippen molar-refractivity contribution in [3.63, 3.8) is 0 Å². The van der Waals surface area contributed by atoms with Crippen LogP contribution in [-0.4, -0.2) is 75.9 Å². The molecule has 1 N–H and O–H groups in total. The zero-order chi connectivity index (χ0) is 8.36. The van der Waals surface area contributed by atoms with E-state index in [9.17, 15) is 0 Å². The Kier molecular flexibility index (Phi) is 42.7. The third-order valence-corrected chi connectivity index (χ3v) is 1.25. The van der Waals surface area contributed by atoms with Gasteiger partial charge in [0.05, 0.1) is 26.4 Å². The molecule has 0 amide bonds. The molecule has 14 heavy (non-hydrogen) atoms. The quantitative estimate of drug-likeness (QED) is 0.354. The molecule has 0 fully saturated rings. The van der Waals surface area contributed by atoms with E-state index in [-0.39, 0.29) is 69.2 Å². The number of hydrogen-bond donors (Lipinski definition) is 1. The van der Waals surface area contributed by atoms with E-state index in [4.69, 9.17) is 14.6 Å². The third-order valence-electron chi connectivity index (χ3n) is 1.25. The summed E-state index contributed by atoms with van der Waals surface area (Å²) in [7, 11) is 0. The van der Waals surface area contributed by atoms with E-state index in [0.29, 0.717) is 19.8 Å². The van der Waals surface area contributed by atoms with Gasteiger partial charge in [-0.25, -0.2) is 0 Å². The van der Waals surface area contributed by atoms with E-state index in [1.807, 2.05) is 0 Å². The van der Waals surface area contributed by atoms with E-state index in [2.05, 4.69) is 6.92 Å². The molecule has 0 saturated heterocycles. The van der Waals surface area contributed by atoms with Crippen molar-refractivity contribution in [2.45, 2.75) is 19.8 Å². The van der Waals surface area contributed by atoms with Crippen molar-refractivity contribution in [2.75, 3.05) is 33.0 Å². The molecule has 84 valence electrons. The molecule has 0 atom stereocenters. The standard InChI is InChI=1S/C8H18O3.Ca.2ClH/c1-2-3-5-10-7-8-11-6-4-9;;;/h9H,2-8H2,1H3;;2*1H/q;+2;;/p-2. The summed E-state index contributed by atoms with van der Waals surface area (Å²) in [6.45, 7) is 4.68. The normalized spacial score (nSPS) is 8.14. The van der Waals surface area contributed by atoms with Gasteiger partial charge in [0, 0.05) is 6.61 Å². The van der Waals surface area contributed by atoms with Crippen molar-refractivity contribution in [1.29, 1.82) is 0 Å². The molecule has 0 heterocycles. The average Bonchev–Trinajstić information content (AvgIpc) is 2.03. The van der Waals surface area contributed by atoms with Crippen molar-refractivity contribution in [1.82, 2.24) is 0 Å². The molecule has 0 aliphatic heterocycles. The van der Waals surface area contributed by atoms with Crippen LogP contribution in [0.15, 0.2) is 0 Å². The summed E-state index contributed by atoms with van der Waals surface area (Å²) in [5.41, 5.74) is 0. The molecule has 0 aromatic carbocycles. The van der Waals surface area contributed by atoms with Gasteiger partial charge in [-0.15, -0.1) is 0 Å². The molecule has 0 aromatic rings. The topological polar surface area (TPSA) is 38.7 Å². The first-order valence-electron chi connectivity index (χ1n) is 4.18. The van der Waals surface area contributed by atoms with Crippen LogP contribution in [0.2, 0.25) is 0 Å². The number of ether oxygens (including phenoxy) is 2. The molecule has 3 nitrogen and oxygen atoms in total. The Balaban J connectivity index is -0.000000167. The van der Waals surface area contributed by atoms with Crippen LogP contribution in [0.25, 0.3) is 0 Å². The predicted octanol–water partition coefficient (Wildman–Crippen LogP) is -5.56. The SMILES string of the molecule is CCCCOCCOCCO.[Ca+2].[Cl-].[Cl-]. The Bertz CT molecular complexity index is 71.6. The number of aliphatic hydroxyl groups excluding tert-OH is 1. The van der Waals surface area contributed by atoms with Crippen LogP contribution in [-0.2, 0) is 9.47 Å². The Labute approximate surface area is 129 Å². The maximum atomic E-state index is 8.34. The third kappa shape index (κ3) is 23.5. The van der Waals surface area contributed by atoms with Gasteiger partial charge in [-0.1, -0.05) is 13.3 Å². The molecule has 0 aliphatic carbocycles. The van der Waals surface area contributed by atoms with E-state index in [1.54, 1.807) is 0 Å². The van der Waals surface area contributed by atoms with Crippen molar-refractivity contribution >= 4 is 37.7 Å². The first kappa shape index (κ1) is 24.8. The van der Waals surface area contributed by atoms with Crippen LogP contribution in [0.5, 0.6) is 0 Å². The summed E-state index contributed by atoms with van der Waals surface area (Å²) in [6.07, 6.45) is 2.28. The van der Waals surface area contributed by atoms with Gasteiger partial charge in [0.25, 0.3) is 0 Å². The molecule has 0 rings (SSSR count). The van der Waals surface area contributed by atoms with Crippen LogP contribution in [0.4, 0.5) is 0 Å². The molecular formula is C8H18CaCl2O3. The Hall–Kier alpha value is 1.72. The molecule has 0 bridgehead atoms. The zero-order valence-corrected chi connectivity index (χ0v) is 12.4. The van der Waals surface area contributed by atoms with Crippen LogP contribution >= 0.6 is 0 Å². The van der Waals surface area contributed by atoms with Gasteiger partial charge in [-0.05, 0) is 6.42 Å². The second kappa shape index (κ2) is 24.1. The fraction of sp³-hybridized carbons (Fsp3) is 1.00. The summed E-state index contributed by atoms with van der Waals surface area (Å²) in [6, 6.07) is 0.